The molecule has 0 aliphatic carbocycles. The number of nitrogens with one attached hydrogen (secondary N) is 2. The standard InChI is InChI=1S/C20H17BrN2O2S/c1-22-19(24)15-4-2-3-13(11-15)12-23-20(25)18-10-9-17(26-18)14-5-7-16(21)8-6-14/h2-11H,12H2,1H3,(H,22,24)(H,23,25). The summed E-state index contributed by atoms with van der Waals surface area (Å²) >= 11 is 4.88. The van der Waals surface area contributed by atoms with E-state index in [4.69, 9.17) is 0 Å². The molecular weight excluding hydrogens is 412 g/mol. The Bertz CT molecular complexity index is 935. The number of benzene rings is 2. The highest BCUT2D eigenvalue weighted by molar-refractivity contribution is 9.10. The summed E-state index contributed by atoms with van der Waals surface area (Å²) in [5, 5.41) is 5.50. The SMILES string of the molecule is CNC(=O)c1cccc(CNC(=O)c2ccc(-c3ccc(Br)cc3)s2)c1. The third-order valence-corrected chi connectivity index (χ3v) is 5.49. The Hall–Kier alpha value is -2.44. The maximum atomic E-state index is 12.4. The predicted molar refractivity (Wildman–Crippen MR) is 108 cm³/mol. The van der Waals surface area contributed by atoms with Crippen molar-refractivity contribution in [2.45, 2.75) is 6.54 Å². The Balaban J connectivity index is 1.66. The van der Waals surface area contributed by atoms with Gasteiger partial charge < -0.3 is 10.6 Å². The molecule has 0 saturated heterocycles. The third-order valence-electron chi connectivity index (χ3n) is 3.83. The highest BCUT2D eigenvalue weighted by Gasteiger charge is 2.11. The third kappa shape index (κ3) is 4.39. The molecule has 6 heteroatoms. The van der Waals surface area contributed by atoms with Gasteiger partial charge in [-0.3, -0.25) is 9.59 Å². The van der Waals surface area contributed by atoms with Crippen LogP contribution in [0.1, 0.15) is 25.6 Å². The lowest BCUT2D eigenvalue weighted by Crippen LogP contribution is -2.22. The van der Waals surface area contributed by atoms with Crippen LogP contribution in [0.3, 0.4) is 0 Å². The van der Waals surface area contributed by atoms with Crippen LogP contribution in [0, 0.1) is 0 Å². The first kappa shape index (κ1) is 18.4. The molecule has 1 heterocycles. The van der Waals surface area contributed by atoms with Crippen molar-refractivity contribution in [2.75, 3.05) is 7.05 Å². The number of hydrogen-bond donors (Lipinski definition) is 2. The zero-order valence-electron chi connectivity index (χ0n) is 14.1. The van der Waals surface area contributed by atoms with Crippen LogP contribution in [-0.2, 0) is 6.54 Å². The van der Waals surface area contributed by atoms with Crippen LogP contribution in [0.15, 0.2) is 65.1 Å². The Morgan fingerprint density at radius 2 is 1.77 bits per heavy atom. The number of thiophene rings is 1. The molecule has 26 heavy (non-hydrogen) atoms. The molecule has 0 atom stereocenters. The summed E-state index contributed by atoms with van der Waals surface area (Å²) in [5.74, 6) is -0.265. The fourth-order valence-electron chi connectivity index (χ4n) is 2.47. The first-order valence-electron chi connectivity index (χ1n) is 8.02. The Morgan fingerprint density at radius 3 is 2.50 bits per heavy atom. The van der Waals surface area contributed by atoms with Gasteiger partial charge in [0.1, 0.15) is 0 Å². The number of amides is 2. The van der Waals surface area contributed by atoms with Crippen LogP contribution in [0.4, 0.5) is 0 Å². The molecule has 3 aromatic rings. The fraction of sp³-hybridized carbons (Fsp3) is 0.100. The first-order chi connectivity index (χ1) is 12.6. The Morgan fingerprint density at radius 1 is 1.00 bits per heavy atom. The quantitative estimate of drug-likeness (QED) is 0.629. The fourth-order valence-corrected chi connectivity index (χ4v) is 3.66. The van der Waals surface area contributed by atoms with E-state index >= 15 is 0 Å². The molecule has 2 N–H and O–H groups in total. The predicted octanol–water partition coefficient (Wildman–Crippen LogP) is 4.47. The molecule has 0 aliphatic heterocycles. The van der Waals surface area contributed by atoms with E-state index in [-0.39, 0.29) is 11.8 Å². The van der Waals surface area contributed by atoms with Crippen molar-refractivity contribution >= 4 is 39.1 Å². The van der Waals surface area contributed by atoms with Gasteiger partial charge in [-0.25, -0.2) is 0 Å². The first-order valence-corrected chi connectivity index (χ1v) is 9.63. The minimum atomic E-state index is -0.143. The Kier molecular flexibility index (Phi) is 5.85. The van der Waals surface area contributed by atoms with E-state index in [2.05, 4.69) is 26.6 Å². The molecule has 0 fully saturated rings. The lowest BCUT2D eigenvalue weighted by atomic mass is 10.1. The summed E-state index contributed by atoms with van der Waals surface area (Å²) in [6.45, 7) is 0.370. The van der Waals surface area contributed by atoms with Crippen molar-refractivity contribution in [3.05, 3.63) is 81.1 Å². The molecule has 0 aliphatic rings. The monoisotopic (exact) mass is 428 g/mol. The molecular formula is C20H17BrN2O2S. The van der Waals surface area contributed by atoms with E-state index in [0.29, 0.717) is 17.0 Å². The average molecular weight is 429 g/mol. The largest absolute Gasteiger partial charge is 0.355 e. The minimum Gasteiger partial charge on any atom is -0.355 e. The highest BCUT2D eigenvalue weighted by atomic mass is 79.9. The minimum absolute atomic E-state index is 0.122. The summed E-state index contributed by atoms with van der Waals surface area (Å²) in [6, 6.07) is 19.0. The van der Waals surface area contributed by atoms with Gasteiger partial charge in [-0.15, -0.1) is 11.3 Å². The topological polar surface area (TPSA) is 58.2 Å². The van der Waals surface area contributed by atoms with Crippen molar-refractivity contribution < 1.29 is 9.59 Å². The van der Waals surface area contributed by atoms with Crippen molar-refractivity contribution in [1.82, 2.24) is 10.6 Å². The highest BCUT2D eigenvalue weighted by Crippen LogP contribution is 2.29. The van der Waals surface area contributed by atoms with Gasteiger partial charge in [-0.1, -0.05) is 40.2 Å². The van der Waals surface area contributed by atoms with Crippen LogP contribution >= 0.6 is 27.3 Å². The summed E-state index contributed by atoms with van der Waals surface area (Å²) in [4.78, 5) is 25.8. The van der Waals surface area contributed by atoms with Gasteiger partial charge in [0.15, 0.2) is 0 Å². The molecule has 132 valence electrons. The van der Waals surface area contributed by atoms with Gasteiger partial charge in [-0.2, -0.15) is 0 Å². The number of halogens is 1. The summed E-state index contributed by atoms with van der Waals surface area (Å²) < 4.78 is 1.02. The van der Waals surface area contributed by atoms with Crippen LogP contribution < -0.4 is 10.6 Å². The Labute approximate surface area is 164 Å². The maximum absolute atomic E-state index is 12.4. The second kappa shape index (κ2) is 8.29. The summed E-state index contributed by atoms with van der Waals surface area (Å²) in [7, 11) is 1.59. The van der Waals surface area contributed by atoms with Gasteiger partial charge >= 0.3 is 0 Å². The molecule has 3 rings (SSSR count). The van der Waals surface area contributed by atoms with Gasteiger partial charge in [0.25, 0.3) is 11.8 Å². The molecule has 0 spiro atoms. The van der Waals surface area contributed by atoms with Gasteiger partial charge in [0, 0.05) is 28.5 Å². The molecule has 0 saturated carbocycles. The zero-order chi connectivity index (χ0) is 18.5. The number of rotatable bonds is 5. The molecule has 2 aromatic carbocycles. The van der Waals surface area contributed by atoms with Crippen molar-refractivity contribution in [2.24, 2.45) is 0 Å². The van der Waals surface area contributed by atoms with E-state index in [1.165, 1.54) is 11.3 Å². The summed E-state index contributed by atoms with van der Waals surface area (Å²) in [5.41, 5.74) is 2.53. The molecule has 4 nitrogen and oxygen atoms in total. The lowest BCUT2D eigenvalue weighted by molar-refractivity contribution is 0.0952. The van der Waals surface area contributed by atoms with Crippen LogP contribution in [-0.4, -0.2) is 18.9 Å². The van der Waals surface area contributed by atoms with Gasteiger partial charge in [0.2, 0.25) is 0 Å². The molecule has 2 amide bonds. The zero-order valence-corrected chi connectivity index (χ0v) is 16.5. The van der Waals surface area contributed by atoms with E-state index in [1.807, 2.05) is 48.5 Å². The van der Waals surface area contributed by atoms with Crippen molar-refractivity contribution in [3.8, 4) is 10.4 Å². The van der Waals surface area contributed by atoms with Crippen molar-refractivity contribution in [3.63, 3.8) is 0 Å². The number of carbonyl (C=O) groups excluding carboxylic acids is 2. The van der Waals surface area contributed by atoms with E-state index < -0.39 is 0 Å². The normalized spacial score (nSPS) is 10.4. The molecule has 0 bridgehead atoms. The van der Waals surface area contributed by atoms with Gasteiger partial charge in [0.05, 0.1) is 4.88 Å². The number of hydrogen-bond acceptors (Lipinski definition) is 3. The van der Waals surface area contributed by atoms with Crippen LogP contribution in [0.25, 0.3) is 10.4 Å². The number of carbonyl (C=O) groups is 2. The second-order valence-corrected chi connectivity index (χ2v) is 7.63. The molecule has 0 unspecified atom stereocenters. The van der Waals surface area contributed by atoms with Crippen molar-refractivity contribution in [1.29, 1.82) is 0 Å². The van der Waals surface area contributed by atoms with Gasteiger partial charge in [-0.05, 0) is 47.5 Å². The molecule has 0 radical (unpaired) electrons. The summed E-state index contributed by atoms with van der Waals surface area (Å²) in [6.07, 6.45) is 0. The smallest absolute Gasteiger partial charge is 0.261 e. The molecule has 1 aromatic heterocycles. The van der Waals surface area contributed by atoms with Crippen LogP contribution in [0.5, 0.6) is 0 Å². The van der Waals surface area contributed by atoms with E-state index in [9.17, 15) is 9.59 Å². The van der Waals surface area contributed by atoms with E-state index in [1.54, 1.807) is 19.2 Å². The average Bonchev–Trinajstić information content (AvgIpc) is 3.16. The second-order valence-electron chi connectivity index (χ2n) is 5.63. The van der Waals surface area contributed by atoms with E-state index in [0.717, 1.165) is 20.5 Å². The maximum Gasteiger partial charge on any atom is 0.261 e. The lowest BCUT2D eigenvalue weighted by Gasteiger charge is -2.06. The van der Waals surface area contributed by atoms with Crippen LogP contribution in [0.2, 0.25) is 0 Å².